The van der Waals surface area contributed by atoms with Crippen molar-refractivity contribution in [2.75, 3.05) is 43.4 Å². The van der Waals surface area contributed by atoms with Gasteiger partial charge in [0.15, 0.2) is 0 Å². The first-order valence-electron chi connectivity index (χ1n) is 7.91. The van der Waals surface area contributed by atoms with Gasteiger partial charge < -0.3 is 10.6 Å². The predicted molar refractivity (Wildman–Crippen MR) is 87.5 cm³/mol. The maximum Gasteiger partial charge on any atom is 0.0463 e. The van der Waals surface area contributed by atoms with Crippen LogP contribution < -0.4 is 10.6 Å². The molecule has 1 aliphatic heterocycles. The van der Waals surface area contributed by atoms with Crippen molar-refractivity contribution >= 4 is 22.1 Å². The van der Waals surface area contributed by atoms with Gasteiger partial charge in [-0.25, -0.2) is 0 Å². The number of benzene rings is 1. The molecule has 1 saturated carbocycles. The van der Waals surface area contributed by atoms with Crippen molar-refractivity contribution in [3.8, 4) is 0 Å². The Bertz CT molecular complexity index is 642. The largest absolute Gasteiger partial charge is 0.398 e. The molecule has 4 heteroatoms. The summed E-state index contributed by atoms with van der Waals surface area (Å²) in [5.41, 5.74) is 8.20. The van der Waals surface area contributed by atoms with Crippen molar-refractivity contribution in [3.63, 3.8) is 0 Å². The predicted octanol–water partition coefficient (Wildman–Crippen LogP) is 2.35. The highest BCUT2D eigenvalue weighted by molar-refractivity contribution is 6.00. The number of hydrogen-bond donors (Lipinski definition) is 1. The Morgan fingerprint density at radius 3 is 2.62 bits per heavy atom. The molecule has 2 fully saturated rings. The number of pyridine rings is 1. The number of nitrogens with two attached hydrogens (primary N) is 1. The molecule has 2 heterocycles. The van der Waals surface area contributed by atoms with Crippen LogP contribution in [0.2, 0.25) is 0 Å². The van der Waals surface area contributed by atoms with E-state index in [-0.39, 0.29) is 0 Å². The molecule has 110 valence electrons. The second-order valence-corrected chi connectivity index (χ2v) is 6.33. The average Bonchev–Trinajstić information content (AvgIpc) is 3.33. The van der Waals surface area contributed by atoms with Crippen LogP contribution in [0.25, 0.3) is 10.8 Å². The van der Waals surface area contributed by atoms with E-state index in [1.165, 1.54) is 43.5 Å². The zero-order valence-electron chi connectivity index (χ0n) is 12.3. The van der Waals surface area contributed by atoms with Gasteiger partial charge in [-0.15, -0.1) is 0 Å². The Morgan fingerprint density at radius 1 is 1.05 bits per heavy atom. The molecule has 2 aliphatic rings. The van der Waals surface area contributed by atoms with E-state index < -0.39 is 0 Å². The zero-order chi connectivity index (χ0) is 14.2. The monoisotopic (exact) mass is 282 g/mol. The molecule has 0 bridgehead atoms. The normalized spacial score (nSPS) is 20.1. The molecule has 2 N–H and O–H groups in total. The minimum Gasteiger partial charge on any atom is -0.398 e. The van der Waals surface area contributed by atoms with Gasteiger partial charge in [-0.1, -0.05) is 0 Å². The number of nitrogens with zero attached hydrogens (tertiary/aromatic N) is 3. The Hall–Kier alpha value is -1.81. The van der Waals surface area contributed by atoms with Gasteiger partial charge in [0.25, 0.3) is 0 Å². The Morgan fingerprint density at radius 2 is 1.86 bits per heavy atom. The van der Waals surface area contributed by atoms with E-state index in [0.717, 1.165) is 30.1 Å². The van der Waals surface area contributed by atoms with Gasteiger partial charge in [-0.3, -0.25) is 9.88 Å². The van der Waals surface area contributed by atoms with Crippen LogP contribution in [0.4, 0.5) is 11.4 Å². The van der Waals surface area contributed by atoms with Crippen LogP contribution in [-0.2, 0) is 0 Å². The fraction of sp³-hybridized carbons (Fsp3) is 0.471. The molecule has 0 amide bonds. The number of fused-ring (bicyclic) bond motifs is 1. The summed E-state index contributed by atoms with van der Waals surface area (Å²) in [7, 11) is 0. The lowest BCUT2D eigenvalue weighted by molar-refractivity contribution is 0.248. The molecular formula is C17H22N4. The Kier molecular flexibility index (Phi) is 3.19. The van der Waals surface area contributed by atoms with E-state index in [4.69, 9.17) is 5.73 Å². The minimum atomic E-state index is 0.837. The van der Waals surface area contributed by atoms with Gasteiger partial charge in [0, 0.05) is 67.3 Å². The highest BCUT2D eigenvalue weighted by Gasteiger charge is 2.26. The molecule has 21 heavy (non-hydrogen) atoms. The van der Waals surface area contributed by atoms with Gasteiger partial charge in [-0.2, -0.15) is 0 Å². The average molecular weight is 282 g/mol. The highest BCUT2D eigenvalue weighted by Crippen LogP contribution is 2.32. The van der Waals surface area contributed by atoms with E-state index in [0.29, 0.717) is 0 Å². The van der Waals surface area contributed by atoms with Crippen LogP contribution in [0.15, 0.2) is 30.6 Å². The van der Waals surface area contributed by atoms with Crippen molar-refractivity contribution in [2.45, 2.75) is 12.8 Å². The van der Waals surface area contributed by atoms with E-state index >= 15 is 0 Å². The second kappa shape index (κ2) is 5.19. The lowest BCUT2D eigenvalue weighted by atomic mass is 10.1. The first-order chi connectivity index (χ1) is 10.3. The summed E-state index contributed by atoms with van der Waals surface area (Å²) < 4.78 is 0. The maximum absolute atomic E-state index is 6.08. The molecule has 2 aromatic rings. The van der Waals surface area contributed by atoms with Gasteiger partial charge in [0.2, 0.25) is 0 Å². The molecule has 0 radical (unpaired) electrons. The van der Waals surface area contributed by atoms with Crippen LogP contribution in [0, 0.1) is 5.92 Å². The van der Waals surface area contributed by atoms with Crippen molar-refractivity contribution in [2.24, 2.45) is 5.92 Å². The summed E-state index contributed by atoms with van der Waals surface area (Å²) >= 11 is 0. The molecule has 1 aromatic carbocycles. The fourth-order valence-electron chi connectivity index (χ4n) is 3.31. The zero-order valence-corrected chi connectivity index (χ0v) is 12.3. The lowest BCUT2D eigenvalue weighted by Gasteiger charge is -2.36. The molecule has 4 rings (SSSR count). The van der Waals surface area contributed by atoms with E-state index in [2.05, 4.69) is 20.9 Å². The molecule has 1 aliphatic carbocycles. The smallest absolute Gasteiger partial charge is 0.0463 e. The third kappa shape index (κ3) is 2.56. The third-order valence-electron chi connectivity index (χ3n) is 4.76. The van der Waals surface area contributed by atoms with Gasteiger partial charge in [-0.05, 0) is 37.0 Å². The fourth-order valence-corrected chi connectivity index (χ4v) is 3.31. The van der Waals surface area contributed by atoms with Crippen LogP contribution in [0.3, 0.4) is 0 Å². The Balaban J connectivity index is 1.55. The summed E-state index contributed by atoms with van der Waals surface area (Å²) in [5, 5.41) is 2.29. The minimum absolute atomic E-state index is 0.837. The quantitative estimate of drug-likeness (QED) is 0.878. The van der Waals surface area contributed by atoms with Gasteiger partial charge in [0.05, 0.1) is 0 Å². The molecule has 1 saturated heterocycles. The lowest BCUT2D eigenvalue weighted by Crippen LogP contribution is -2.47. The highest BCUT2D eigenvalue weighted by atomic mass is 15.3. The van der Waals surface area contributed by atoms with Crippen LogP contribution in [0.1, 0.15) is 12.8 Å². The molecule has 1 aromatic heterocycles. The first-order valence-corrected chi connectivity index (χ1v) is 7.91. The van der Waals surface area contributed by atoms with Crippen molar-refractivity contribution in [1.29, 1.82) is 0 Å². The summed E-state index contributed by atoms with van der Waals surface area (Å²) in [4.78, 5) is 9.38. The molecular weight excluding hydrogens is 260 g/mol. The molecule has 0 unspecified atom stereocenters. The summed E-state index contributed by atoms with van der Waals surface area (Å²) in [6.45, 7) is 5.84. The van der Waals surface area contributed by atoms with E-state index in [9.17, 15) is 0 Å². The maximum atomic E-state index is 6.08. The number of nitrogen functional groups attached to an aromatic ring is 1. The number of anilines is 2. The van der Waals surface area contributed by atoms with E-state index in [1.807, 2.05) is 24.5 Å². The van der Waals surface area contributed by atoms with Crippen LogP contribution in [-0.4, -0.2) is 42.6 Å². The van der Waals surface area contributed by atoms with E-state index in [1.54, 1.807) is 0 Å². The first kappa shape index (κ1) is 12.9. The second-order valence-electron chi connectivity index (χ2n) is 6.33. The van der Waals surface area contributed by atoms with Crippen molar-refractivity contribution in [3.05, 3.63) is 30.6 Å². The Labute approximate surface area is 125 Å². The molecule has 0 atom stereocenters. The van der Waals surface area contributed by atoms with Crippen LogP contribution >= 0.6 is 0 Å². The summed E-state index contributed by atoms with van der Waals surface area (Å²) in [5.74, 6) is 0.984. The van der Waals surface area contributed by atoms with Gasteiger partial charge >= 0.3 is 0 Å². The number of piperazine rings is 1. The standard InChI is InChI=1S/C17H22N4/c18-16-3-4-17(15-11-19-6-5-14(15)16)21-9-7-20(8-10-21)12-13-1-2-13/h3-6,11,13H,1-2,7-10,12,18H2. The van der Waals surface area contributed by atoms with Crippen molar-refractivity contribution < 1.29 is 0 Å². The molecule has 0 spiro atoms. The molecule has 4 nitrogen and oxygen atoms in total. The summed E-state index contributed by atoms with van der Waals surface area (Å²) in [6, 6.07) is 6.18. The SMILES string of the molecule is Nc1ccc(N2CCN(CC3CC3)CC2)c2cnccc12. The number of aromatic nitrogens is 1. The summed E-state index contributed by atoms with van der Waals surface area (Å²) in [6.07, 6.45) is 6.64. The number of rotatable bonds is 3. The number of hydrogen-bond acceptors (Lipinski definition) is 4. The third-order valence-corrected chi connectivity index (χ3v) is 4.76. The van der Waals surface area contributed by atoms with Crippen molar-refractivity contribution in [1.82, 2.24) is 9.88 Å². The van der Waals surface area contributed by atoms with Gasteiger partial charge in [0.1, 0.15) is 0 Å². The van der Waals surface area contributed by atoms with Crippen LogP contribution in [0.5, 0.6) is 0 Å². The topological polar surface area (TPSA) is 45.4 Å².